The zero-order valence-corrected chi connectivity index (χ0v) is 11.4. The fraction of sp³-hybridized carbons (Fsp3) is 0.235. The number of aliphatic hydroxyl groups excluding tert-OH is 1. The Morgan fingerprint density at radius 2 is 1.43 bits per heavy atom. The summed E-state index contributed by atoms with van der Waals surface area (Å²) in [4.78, 5) is 11.9. The van der Waals surface area contributed by atoms with Crippen molar-refractivity contribution in [2.24, 2.45) is 0 Å². The first kappa shape index (κ1) is 13.8. The smallest absolute Gasteiger partial charge is 0.310 e. The topological polar surface area (TPSA) is 66.8 Å². The second-order valence-corrected chi connectivity index (χ2v) is 5.25. The fourth-order valence-corrected chi connectivity index (χ4v) is 3.00. The summed E-state index contributed by atoms with van der Waals surface area (Å²) >= 11 is 0. The number of carbonyl (C=O) groups excluding carboxylic acids is 1. The van der Waals surface area contributed by atoms with Crippen LogP contribution in [0.5, 0.6) is 0 Å². The summed E-state index contributed by atoms with van der Waals surface area (Å²) in [5.74, 6) is -0.528. The van der Waals surface area contributed by atoms with E-state index in [0.717, 1.165) is 0 Å². The van der Waals surface area contributed by atoms with Crippen molar-refractivity contribution in [2.45, 2.75) is 17.6 Å². The fourth-order valence-electron chi connectivity index (χ4n) is 3.00. The van der Waals surface area contributed by atoms with Gasteiger partial charge >= 0.3 is 5.97 Å². The van der Waals surface area contributed by atoms with E-state index in [1.165, 1.54) is 0 Å². The number of carbonyl (C=O) groups is 1. The van der Waals surface area contributed by atoms with Gasteiger partial charge in [-0.1, -0.05) is 60.7 Å². The lowest BCUT2D eigenvalue weighted by atomic mass is 9.73. The predicted molar refractivity (Wildman–Crippen MR) is 76.4 cm³/mol. The Bertz CT molecular complexity index is 599. The number of esters is 1. The molecule has 0 spiro atoms. The molecule has 4 heteroatoms. The highest BCUT2D eigenvalue weighted by Crippen LogP contribution is 2.49. The number of ether oxygens (including phenoxy) is 1. The average Bonchev–Trinajstić information content (AvgIpc) is 2.81. The van der Waals surface area contributed by atoms with Gasteiger partial charge in [0, 0.05) is 11.1 Å². The van der Waals surface area contributed by atoms with Gasteiger partial charge in [-0.25, -0.2) is 0 Å². The maximum Gasteiger partial charge on any atom is 0.310 e. The molecule has 0 radical (unpaired) electrons. The molecule has 2 N–H and O–H groups in total. The molecule has 1 atom stereocenters. The summed E-state index contributed by atoms with van der Waals surface area (Å²) in [7, 11) is 0. The molecule has 0 aromatic heterocycles. The number of cyclic esters (lactones) is 1. The molecule has 1 aliphatic heterocycles. The van der Waals surface area contributed by atoms with E-state index in [1.54, 1.807) is 24.3 Å². The monoisotopic (exact) mass is 284 g/mol. The van der Waals surface area contributed by atoms with E-state index in [9.17, 15) is 15.0 Å². The van der Waals surface area contributed by atoms with E-state index in [2.05, 4.69) is 0 Å². The van der Waals surface area contributed by atoms with Crippen molar-refractivity contribution in [1.82, 2.24) is 0 Å². The first-order chi connectivity index (χ1) is 10.1. The first-order valence-corrected chi connectivity index (χ1v) is 6.78. The second-order valence-electron chi connectivity index (χ2n) is 5.25. The molecule has 0 aliphatic carbocycles. The van der Waals surface area contributed by atoms with E-state index in [4.69, 9.17) is 4.74 Å². The van der Waals surface area contributed by atoms with Crippen molar-refractivity contribution in [3.05, 3.63) is 71.8 Å². The molecule has 1 unspecified atom stereocenters. The summed E-state index contributed by atoms with van der Waals surface area (Å²) in [5.41, 5.74) is -1.80. The van der Waals surface area contributed by atoms with E-state index in [0.29, 0.717) is 11.1 Å². The van der Waals surface area contributed by atoms with Gasteiger partial charge in [-0.2, -0.15) is 0 Å². The number of benzene rings is 2. The SMILES string of the molecule is O=C1CC(O)(CO)C(c2ccccc2)(c2ccccc2)O1. The highest BCUT2D eigenvalue weighted by molar-refractivity contribution is 5.76. The molecule has 2 aromatic carbocycles. The van der Waals surface area contributed by atoms with Crippen LogP contribution in [0.1, 0.15) is 17.5 Å². The minimum atomic E-state index is -1.69. The van der Waals surface area contributed by atoms with Crippen LogP contribution in [0.2, 0.25) is 0 Å². The Labute approximate surface area is 122 Å². The van der Waals surface area contributed by atoms with Gasteiger partial charge in [0.1, 0.15) is 5.60 Å². The molecule has 4 nitrogen and oxygen atoms in total. The van der Waals surface area contributed by atoms with Crippen LogP contribution in [-0.4, -0.2) is 28.4 Å². The predicted octanol–water partition coefficient (Wildman–Crippen LogP) is 1.60. The maximum atomic E-state index is 11.9. The molecular weight excluding hydrogens is 268 g/mol. The number of aliphatic hydroxyl groups is 2. The van der Waals surface area contributed by atoms with Gasteiger partial charge in [0.05, 0.1) is 13.0 Å². The summed E-state index contributed by atoms with van der Waals surface area (Å²) in [6.45, 7) is -0.567. The van der Waals surface area contributed by atoms with Gasteiger partial charge in [0.2, 0.25) is 0 Å². The van der Waals surface area contributed by atoms with Gasteiger partial charge in [-0.05, 0) is 0 Å². The molecule has 1 heterocycles. The highest BCUT2D eigenvalue weighted by Gasteiger charge is 2.61. The quantitative estimate of drug-likeness (QED) is 0.840. The summed E-state index contributed by atoms with van der Waals surface area (Å²) in [5, 5.41) is 20.6. The van der Waals surface area contributed by atoms with Gasteiger partial charge in [-0.3, -0.25) is 4.79 Å². The minimum absolute atomic E-state index is 0.243. The third-order valence-electron chi connectivity index (χ3n) is 3.98. The van der Waals surface area contributed by atoms with Crippen LogP contribution in [0.4, 0.5) is 0 Å². The van der Waals surface area contributed by atoms with Crippen molar-refractivity contribution >= 4 is 5.97 Å². The van der Waals surface area contributed by atoms with E-state index < -0.39 is 23.8 Å². The van der Waals surface area contributed by atoms with Gasteiger partial charge < -0.3 is 14.9 Å². The van der Waals surface area contributed by atoms with Crippen molar-refractivity contribution in [3.63, 3.8) is 0 Å². The Morgan fingerprint density at radius 1 is 0.952 bits per heavy atom. The molecule has 0 bridgehead atoms. The summed E-state index contributed by atoms with van der Waals surface area (Å²) in [6, 6.07) is 18.1. The molecule has 0 amide bonds. The third kappa shape index (κ3) is 1.95. The van der Waals surface area contributed by atoms with Crippen molar-refractivity contribution < 1.29 is 19.7 Å². The zero-order valence-electron chi connectivity index (χ0n) is 11.4. The molecule has 1 aliphatic rings. The Morgan fingerprint density at radius 3 is 1.86 bits per heavy atom. The first-order valence-electron chi connectivity index (χ1n) is 6.78. The number of rotatable bonds is 3. The minimum Gasteiger partial charge on any atom is -0.446 e. The van der Waals surface area contributed by atoms with E-state index in [1.807, 2.05) is 36.4 Å². The summed E-state index contributed by atoms with van der Waals surface area (Å²) < 4.78 is 5.58. The van der Waals surface area contributed by atoms with Crippen molar-refractivity contribution in [3.8, 4) is 0 Å². The normalized spacial score (nSPS) is 23.8. The van der Waals surface area contributed by atoms with E-state index in [-0.39, 0.29) is 6.42 Å². The lowest BCUT2D eigenvalue weighted by Gasteiger charge is -2.39. The third-order valence-corrected chi connectivity index (χ3v) is 3.98. The molecule has 0 saturated carbocycles. The van der Waals surface area contributed by atoms with Gasteiger partial charge in [0.15, 0.2) is 5.60 Å². The summed E-state index contributed by atoms with van der Waals surface area (Å²) in [6.07, 6.45) is -0.243. The van der Waals surface area contributed by atoms with Crippen LogP contribution in [0.3, 0.4) is 0 Å². The molecule has 1 fully saturated rings. The lowest BCUT2D eigenvalue weighted by molar-refractivity contribution is -0.155. The molecule has 1 saturated heterocycles. The van der Waals surface area contributed by atoms with Crippen LogP contribution in [0.15, 0.2) is 60.7 Å². The Kier molecular flexibility index (Phi) is 3.27. The molecule has 3 rings (SSSR count). The van der Waals surface area contributed by atoms with Crippen LogP contribution < -0.4 is 0 Å². The highest BCUT2D eigenvalue weighted by atomic mass is 16.6. The second kappa shape index (κ2) is 4.98. The maximum absolute atomic E-state index is 11.9. The van der Waals surface area contributed by atoms with Crippen LogP contribution in [0, 0.1) is 0 Å². The van der Waals surface area contributed by atoms with Crippen LogP contribution in [0.25, 0.3) is 0 Å². The zero-order chi connectivity index (χ0) is 14.9. The lowest BCUT2D eigenvalue weighted by Crippen LogP contribution is -2.51. The van der Waals surface area contributed by atoms with Crippen LogP contribution in [-0.2, 0) is 15.1 Å². The van der Waals surface area contributed by atoms with Crippen molar-refractivity contribution in [1.29, 1.82) is 0 Å². The molecule has 108 valence electrons. The molecular formula is C17H16O4. The number of hydrogen-bond donors (Lipinski definition) is 2. The number of hydrogen-bond acceptors (Lipinski definition) is 4. The van der Waals surface area contributed by atoms with Gasteiger partial charge in [-0.15, -0.1) is 0 Å². The van der Waals surface area contributed by atoms with Crippen molar-refractivity contribution in [2.75, 3.05) is 6.61 Å². The molecule has 2 aromatic rings. The largest absolute Gasteiger partial charge is 0.446 e. The molecule has 21 heavy (non-hydrogen) atoms. The average molecular weight is 284 g/mol. The Balaban J connectivity index is 2.28. The standard InChI is InChI=1S/C17H16O4/c18-12-16(20)11-15(19)21-17(16,13-7-3-1-4-8-13)14-9-5-2-6-10-14/h1-10,18,20H,11-12H2. The van der Waals surface area contributed by atoms with Gasteiger partial charge in [0.25, 0.3) is 0 Å². The Hall–Kier alpha value is -2.17. The van der Waals surface area contributed by atoms with Crippen LogP contribution >= 0.6 is 0 Å². The van der Waals surface area contributed by atoms with E-state index >= 15 is 0 Å².